The van der Waals surface area contributed by atoms with Crippen molar-refractivity contribution in [2.24, 2.45) is 0 Å². The van der Waals surface area contributed by atoms with Crippen LogP contribution in [0, 0.1) is 0 Å². The first-order chi connectivity index (χ1) is 6.23. The molecule has 4 N–H and O–H groups in total. The molecule has 0 aliphatic heterocycles. The van der Waals surface area contributed by atoms with Gasteiger partial charge in [0.05, 0.1) is 5.56 Å². The molecule has 0 aliphatic rings. The molecule has 0 spiro atoms. The predicted molar refractivity (Wildman–Crippen MR) is 44.6 cm³/mol. The summed E-state index contributed by atoms with van der Waals surface area (Å²) in [5.41, 5.74) is -0.706. The van der Waals surface area contributed by atoms with E-state index in [1.165, 1.54) is 12.1 Å². The van der Waals surface area contributed by atoms with Gasteiger partial charge in [0, 0.05) is 0 Å². The van der Waals surface area contributed by atoms with E-state index in [2.05, 4.69) is 0 Å². The Kier molecular flexibility index (Phi) is 2.61. The van der Waals surface area contributed by atoms with E-state index in [1.807, 2.05) is 0 Å². The van der Waals surface area contributed by atoms with Crippen molar-refractivity contribution in [3.05, 3.63) is 29.8 Å². The Morgan fingerprint density at radius 2 is 1.57 bits per heavy atom. The smallest absolute Gasteiger partial charge is 0.305 e. The van der Waals surface area contributed by atoms with Crippen LogP contribution in [0.3, 0.4) is 0 Å². The second-order valence-corrected chi connectivity index (χ2v) is 4.00. The van der Waals surface area contributed by atoms with Gasteiger partial charge in [-0.1, -0.05) is 12.1 Å². The van der Waals surface area contributed by atoms with Crippen molar-refractivity contribution in [2.75, 3.05) is 0 Å². The van der Waals surface area contributed by atoms with Gasteiger partial charge in [0.2, 0.25) is 0 Å². The Morgan fingerprint density at radius 3 is 1.93 bits per heavy atom. The largest absolute Gasteiger partial charge is 0.340 e. The lowest BCUT2D eigenvalue weighted by atomic mass is 10.2. The molecule has 1 aromatic carbocycles. The molecule has 14 heavy (non-hydrogen) atoms. The van der Waals surface area contributed by atoms with Crippen LogP contribution in [0.25, 0.3) is 0 Å². The molecule has 6 nitrogen and oxygen atoms in total. The van der Waals surface area contributed by atoms with Gasteiger partial charge in [-0.2, -0.15) is 8.42 Å². The molecular formula is C7H8O6S. The maximum atomic E-state index is 10.7. The van der Waals surface area contributed by atoms with E-state index in [-0.39, 0.29) is 0 Å². The van der Waals surface area contributed by atoms with Crippen LogP contribution in [0.5, 0.6) is 0 Å². The molecule has 78 valence electrons. The lowest BCUT2D eigenvalue weighted by Crippen LogP contribution is -2.26. The second-order valence-electron chi connectivity index (χ2n) is 2.61. The third kappa shape index (κ3) is 2.28. The number of hydrogen-bond acceptors (Lipinski definition) is 5. The molecular weight excluding hydrogens is 212 g/mol. The van der Waals surface area contributed by atoms with Crippen molar-refractivity contribution in [1.82, 2.24) is 0 Å². The van der Waals surface area contributed by atoms with Crippen LogP contribution in [0.15, 0.2) is 29.2 Å². The van der Waals surface area contributed by atoms with Crippen molar-refractivity contribution in [3.8, 4) is 0 Å². The highest BCUT2D eigenvalue weighted by Crippen LogP contribution is 2.22. The highest BCUT2D eigenvalue weighted by atomic mass is 32.2. The molecule has 0 bridgehead atoms. The van der Waals surface area contributed by atoms with E-state index in [0.29, 0.717) is 0 Å². The summed E-state index contributed by atoms with van der Waals surface area (Å²) in [6.45, 7) is 0. The maximum absolute atomic E-state index is 10.7. The summed E-state index contributed by atoms with van der Waals surface area (Å²) < 4.78 is 30.1. The quantitative estimate of drug-likeness (QED) is 0.376. The summed E-state index contributed by atoms with van der Waals surface area (Å²) in [5.74, 6) is -3.30. The Morgan fingerprint density at radius 1 is 1.07 bits per heavy atom. The van der Waals surface area contributed by atoms with E-state index in [9.17, 15) is 8.42 Å². The minimum atomic E-state index is -4.60. The normalized spacial score (nSPS) is 12.9. The van der Waals surface area contributed by atoms with E-state index in [1.54, 1.807) is 0 Å². The SMILES string of the molecule is O=S(=O)(O)c1ccccc1C(O)(O)O. The van der Waals surface area contributed by atoms with Gasteiger partial charge in [0.25, 0.3) is 10.1 Å². The molecule has 0 atom stereocenters. The van der Waals surface area contributed by atoms with E-state index in [0.717, 1.165) is 12.1 Å². The topological polar surface area (TPSA) is 115 Å². The average molecular weight is 220 g/mol. The zero-order valence-corrected chi connectivity index (χ0v) is 7.64. The fourth-order valence-electron chi connectivity index (χ4n) is 0.969. The standard InChI is InChI=1S/C7H8O6S/c8-7(9,10)5-3-1-2-4-6(5)14(11,12)13/h1-4,8-10H,(H,11,12,13). The summed E-state index contributed by atoms with van der Waals surface area (Å²) in [5, 5.41) is 26.3. The van der Waals surface area contributed by atoms with E-state index < -0.39 is 26.6 Å². The Hall–Kier alpha value is -0.990. The zero-order valence-electron chi connectivity index (χ0n) is 6.82. The minimum absolute atomic E-state index is 0.706. The van der Waals surface area contributed by atoms with Gasteiger partial charge in [0.15, 0.2) is 0 Å². The molecule has 0 radical (unpaired) electrons. The first-order valence-electron chi connectivity index (χ1n) is 3.47. The second kappa shape index (κ2) is 3.30. The fraction of sp³-hybridized carbons (Fsp3) is 0.143. The van der Waals surface area contributed by atoms with Gasteiger partial charge >= 0.3 is 5.97 Å². The molecule has 7 heteroatoms. The van der Waals surface area contributed by atoms with Crippen LogP contribution in [0.4, 0.5) is 0 Å². The fourth-order valence-corrected chi connectivity index (χ4v) is 1.70. The van der Waals surface area contributed by atoms with Crippen LogP contribution < -0.4 is 0 Å². The third-order valence-corrected chi connectivity index (χ3v) is 2.44. The number of rotatable bonds is 2. The van der Waals surface area contributed by atoms with Crippen LogP contribution in [0.2, 0.25) is 0 Å². The Balaban J connectivity index is 3.47. The average Bonchev–Trinajstić information content (AvgIpc) is 2.01. The van der Waals surface area contributed by atoms with Crippen LogP contribution in [-0.2, 0) is 16.1 Å². The maximum Gasteiger partial charge on any atom is 0.305 e. The van der Waals surface area contributed by atoms with Crippen LogP contribution in [-0.4, -0.2) is 28.3 Å². The van der Waals surface area contributed by atoms with Gasteiger partial charge in [-0.15, -0.1) is 0 Å². The van der Waals surface area contributed by atoms with Crippen molar-refractivity contribution in [3.63, 3.8) is 0 Å². The van der Waals surface area contributed by atoms with Crippen molar-refractivity contribution < 1.29 is 28.3 Å². The number of benzene rings is 1. The molecule has 0 unspecified atom stereocenters. The summed E-state index contributed by atoms with van der Waals surface area (Å²) in [6.07, 6.45) is 0. The third-order valence-electron chi connectivity index (χ3n) is 1.53. The lowest BCUT2D eigenvalue weighted by Gasteiger charge is -2.16. The molecule has 0 saturated heterocycles. The number of hydrogen-bond donors (Lipinski definition) is 4. The monoisotopic (exact) mass is 220 g/mol. The Bertz CT molecular complexity index is 430. The highest BCUT2D eigenvalue weighted by molar-refractivity contribution is 7.85. The van der Waals surface area contributed by atoms with Crippen molar-refractivity contribution in [1.29, 1.82) is 0 Å². The molecule has 1 rings (SSSR count). The molecule has 1 aromatic rings. The highest BCUT2D eigenvalue weighted by Gasteiger charge is 2.29. The molecule has 0 aromatic heterocycles. The van der Waals surface area contributed by atoms with Crippen molar-refractivity contribution in [2.45, 2.75) is 10.9 Å². The zero-order chi connectivity index (χ0) is 11.0. The Labute approximate surface area is 79.8 Å². The molecule has 0 fully saturated rings. The predicted octanol–water partition coefficient (Wildman–Crippen LogP) is -0.979. The minimum Gasteiger partial charge on any atom is -0.340 e. The van der Waals surface area contributed by atoms with E-state index in [4.69, 9.17) is 19.9 Å². The first-order valence-corrected chi connectivity index (χ1v) is 4.91. The summed E-state index contributed by atoms with van der Waals surface area (Å²) in [7, 11) is -4.60. The number of aliphatic hydroxyl groups is 3. The van der Waals surface area contributed by atoms with Crippen molar-refractivity contribution >= 4 is 10.1 Å². The van der Waals surface area contributed by atoms with E-state index >= 15 is 0 Å². The summed E-state index contributed by atoms with van der Waals surface area (Å²) in [6, 6.07) is 4.44. The summed E-state index contributed by atoms with van der Waals surface area (Å²) in [4.78, 5) is -0.757. The first kappa shape index (κ1) is 11.1. The molecule has 0 amide bonds. The van der Waals surface area contributed by atoms with Gasteiger partial charge in [-0.25, -0.2) is 0 Å². The summed E-state index contributed by atoms with van der Waals surface area (Å²) >= 11 is 0. The lowest BCUT2D eigenvalue weighted by molar-refractivity contribution is -0.325. The van der Waals surface area contributed by atoms with Crippen LogP contribution >= 0.6 is 0 Å². The molecule has 0 saturated carbocycles. The van der Waals surface area contributed by atoms with Gasteiger partial charge in [-0.3, -0.25) is 4.55 Å². The van der Waals surface area contributed by atoms with Gasteiger partial charge < -0.3 is 15.3 Å². The van der Waals surface area contributed by atoms with Gasteiger partial charge in [-0.05, 0) is 12.1 Å². The molecule has 0 heterocycles. The van der Waals surface area contributed by atoms with Gasteiger partial charge in [0.1, 0.15) is 4.90 Å². The van der Waals surface area contributed by atoms with Crippen LogP contribution in [0.1, 0.15) is 5.56 Å². The molecule has 0 aliphatic carbocycles.